The summed E-state index contributed by atoms with van der Waals surface area (Å²) in [5.74, 6) is -0.190. The predicted molar refractivity (Wildman–Crippen MR) is 84.9 cm³/mol. The molecule has 0 heterocycles. The number of amides is 1. The number of carboxylic acid groups (broad SMARTS) is 1. The van der Waals surface area contributed by atoms with E-state index in [9.17, 15) is 9.59 Å². The van der Waals surface area contributed by atoms with E-state index in [2.05, 4.69) is 5.32 Å². The van der Waals surface area contributed by atoms with E-state index in [0.717, 1.165) is 5.56 Å². The molecule has 2 N–H and O–H groups in total. The first kappa shape index (κ1) is 17.1. The molecule has 0 radical (unpaired) electrons. The van der Waals surface area contributed by atoms with E-state index >= 15 is 0 Å². The van der Waals surface area contributed by atoms with Gasteiger partial charge in [0.2, 0.25) is 5.91 Å². The lowest BCUT2D eigenvalue weighted by Crippen LogP contribution is -2.42. The van der Waals surface area contributed by atoms with Crippen molar-refractivity contribution in [2.24, 2.45) is 5.41 Å². The Kier molecular flexibility index (Phi) is 4.54. The van der Waals surface area contributed by atoms with Gasteiger partial charge in [0.05, 0.1) is 14.2 Å². The number of hydrogen-bond donors (Lipinski definition) is 2. The van der Waals surface area contributed by atoms with E-state index in [4.69, 9.17) is 14.6 Å². The predicted octanol–water partition coefficient (Wildman–Crippen LogP) is 1.96. The van der Waals surface area contributed by atoms with Gasteiger partial charge in [-0.15, -0.1) is 0 Å². The SMILES string of the molecule is COc1ccc(C(C)(C)CNC(=O)C2(C(=O)O)CC2)cc1OC. The van der Waals surface area contributed by atoms with Crippen molar-refractivity contribution in [2.45, 2.75) is 32.1 Å². The van der Waals surface area contributed by atoms with Crippen LogP contribution in [0.3, 0.4) is 0 Å². The number of carboxylic acids is 1. The molecule has 0 bridgehead atoms. The van der Waals surface area contributed by atoms with E-state index in [0.29, 0.717) is 30.9 Å². The van der Waals surface area contributed by atoms with E-state index in [1.54, 1.807) is 14.2 Å². The highest BCUT2D eigenvalue weighted by molar-refractivity contribution is 6.04. The number of rotatable bonds is 7. The van der Waals surface area contributed by atoms with Gasteiger partial charge >= 0.3 is 5.97 Å². The molecule has 6 nitrogen and oxygen atoms in total. The van der Waals surface area contributed by atoms with Crippen LogP contribution in [0, 0.1) is 5.41 Å². The molecule has 0 saturated heterocycles. The Balaban J connectivity index is 2.10. The summed E-state index contributed by atoms with van der Waals surface area (Å²) < 4.78 is 10.5. The largest absolute Gasteiger partial charge is 0.493 e. The maximum absolute atomic E-state index is 12.1. The molecule has 1 aliphatic rings. The minimum absolute atomic E-state index is 0.344. The van der Waals surface area contributed by atoms with Crippen LogP contribution in [-0.4, -0.2) is 37.7 Å². The van der Waals surface area contributed by atoms with Crippen LogP contribution < -0.4 is 14.8 Å². The molecule has 2 rings (SSSR count). The summed E-state index contributed by atoms with van der Waals surface area (Å²) in [4.78, 5) is 23.3. The number of benzene rings is 1. The van der Waals surface area contributed by atoms with Crippen LogP contribution in [0.25, 0.3) is 0 Å². The minimum atomic E-state index is -1.21. The molecule has 23 heavy (non-hydrogen) atoms. The van der Waals surface area contributed by atoms with Gasteiger partial charge in [-0.05, 0) is 30.5 Å². The lowest BCUT2D eigenvalue weighted by molar-refractivity contribution is -0.149. The third kappa shape index (κ3) is 3.25. The number of aliphatic carboxylic acids is 1. The van der Waals surface area contributed by atoms with Gasteiger partial charge < -0.3 is 19.9 Å². The first-order valence-corrected chi connectivity index (χ1v) is 7.51. The van der Waals surface area contributed by atoms with Gasteiger partial charge in [0, 0.05) is 12.0 Å². The minimum Gasteiger partial charge on any atom is -0.493 e. The van der Waals surface area contributed by atoms with Crippen LogP contribution in [0.5, 0.6) is 11.5 Å². The topological polar surface area (TPSA) is 84.9 Å². The van der Waals surface area contributed by atoms with Crippen molar-refractivity contribution in [3.8, 4) is 11.5 Å². The Morgan fingerprint density at radius 3 is 2.30 bits per heavy atom. The van der Waals surface area contributed by atoms with Gasteiger partial charge in [-0.1, -0.05) is 19.9 Å². The zero-order valence-corrected chi connectivity index (χ0v) is 13.9. The van der Waals surface area contributed by atoms with Gasteiger partial charge in [-0.3, -0.25) is 9.59 Å². The number of hydrogen-bond acceptors (Lipinski definition) is 4. The average Bonchev–Trinajstić information content (AvgIpc) is 3.33. The number of ether oxygens (including phenoxy) is 2. The van der Waals surface area contributed by atoms with Crippen molar-refractivity contribution in [1.29, 1.82) is 0 Å². The van der Waals surface area contributed by atoms with E-state index in [1.165, 1.54) is 0 Å². The quantitative estimate of drug-likeness (QED) is 0.750. The van der Waals surface area contributed by atoms with E-state index < -0.39 is 17.3 Å². The summed E-state index contributed by atoms with van der Waals surface area (Å²) in [5, 5.41) is 11.9. The van der Waals surface area contributed by atoms with Crippen LogP contribution >= 0.6 is 0 Å². The first-order chi connectivity index (χ1) is 10.8. The molecule has 0 unspecified atom stereocenters. The highest BCUT2D eigenvalue weighted by Crippen LogP contribution is 2.46. The molecule has 0 spiro atoms. The van der Waals surface area contributed by atoms with Crippen LogP contribution in [0.2, 0.25) is 0 Å². The Morgan fingerprint density at radius 2 is 1.83 bits per heavy atom. The average molecular weight is 321 g/mol. The Bertz CT molecular complexity index is 619. The van der Waals surface area contributed by atoms with Gasteiger partial charge in [-0.25, -0.2) is 0 Å². The second-order valence-corrected chi connectivity index (χ2v) is 6.52. The molecule has 0 aromatic heterocycles. The van der Waals surface area contributed by atoms with Gasteiger partial charge in [-0.2, -0.15) is 0 Å². The molecule has 1 aliphatic carbocycles. The van der Waals surface area contributed by atoms with Crippen molar-refractivity contribution in [2.75, 3.05) is 20.8 Å². The second kappa shape index (κ2) is 6.10. The molecular weight excluding hydrogens is 298 g/mol. The van der Waals surface area contributed by atoms with Gasteiger partial charge in [0.25, 0.3) is 0 Å². The second-order valence-electron chi connectivity index (χ2n) is 6.52. The summed E-state index contributed by atoms with van der Waals surface area (Å²) in [5.41, 5.74) is -0.618. The zero-order valence-electron chi connectivity index (χ0n) is 13.9. The van der Waals surface area contributed by atoms with Crippen molar-refractivity contribution in [3.05, 3.63) is 23.8 Å². The number of carbonyl (C=O) groups is 2. The molecular formula is C17H23NO5. The highest BCUT2D eigenvalue weighted by Gasteiger charge is 2.57. The molecule has 0 aliphatic heterocycles. The van der Waals surface area contributed by atoms with Crippen LogP contribution in [0.1, 0.15) is 32.3 Å². The van der Waals surface area contributed by atoms with Crippen molar-refractivity contribution >= 4 is 11.9 Å². The fraction of sp³-hybridized carbons (Fsp3) is 0.529. The maximum atomic E-state index is 12.1. The third-order valence-corrected chi connectivity index (χ3v) is 4.45. The fourth-order valence-electron chi connectivity index (χ4n) is 2.49. The number of methoxy groups -OCH3 is 2. The summed E-state index contributed by atoms with van der Waals surface area (Å²) >= 11 is 0. The molecule has 0 atom stereocenters. The third-order valence-electron chi connectivity index (χ3n) is 4.45. The molecule has 1 amide bonds. The van der Waals surface area contributed by atoms with Crippen LogP contribution in [0.15, 0.2) is 18.2 Å². The van der Waals surface area contributed by atoms with Gasteiger partial charge in [0.15, 0.2) is 11.5 Å². The van der Waals surface area contributed by atoms with Crippen molar-refractivity contribution < 1.29 is 24.2 Å². The molecule has 6 heteroatoms. The fourth-order valence-corrected chi connectivity index (χ4v) is 2.49. The smallest absolute Gasteiger partial charge is 0.319 e. The molecule has 1 aromatic carbocycles. The molecule has 1 saturated carbocycles. The van der Waals surface area contributed by atoms with Crippen LogP contribution in [-0.2, 0) is 15.0 Å². The summed E-state index contributed by atoms with van der Waals surface area (Å²) in [7, 11) is 3.14. The van der Waals surface area contributed by atoms with E-state index in [1.807, 2.05) is 32.0 Å². The normalized spacial score (nSPS) is 15.7. The Hall–Kier alpha value is -2.24. The summed E-state index contributed by atoms with van der Waals surface area (Å²) in [6.45, 7) is 4.31. The van der Waals surface area contributed by atoms with Crippen molar-refractivity contribution in [1.82, 2.24) is 5.32 Å². The lowest BCUT2D eigenvalue weighted by atomic mass is 9.84. The Morgan fingerprint density at radius 1 is 1.22 bits per heavy atom. The lowest BCUT2D eigenvalue weighted by Gasteiger charge is -2.27. The Labute approximate surface area is 135 Å². The first-order valence-electron chi connectivity index (χ1n) is 7.51. The van der Waals surface area contributed by atoms with Crippen LogP contribution in [0.4, 0.5) is 0 Å². The number of nitrogens with one attached hydrogen (secondary N) is 1. The summed E-state index contributed by atoms with van der Waals surface area (Å²) in [6.07, 6.45) is 0.815. The number of carbonyl (C=O) groups excluding carboxylic acids is 1. The standard InChI is InChI=1S/C17H23NO5/c1-16(2,10-18-14(19)17(7-8-17)15(20)21)11-5-6-12(22-3)13(9-11)23-4/h5-6,9H,7-8,10H2,1-4H3,(H,18,19)(H,20,21). The molecule has 1 aromatic rings. The zero-order chi connectivity index (χ0) is 17.3. The van der Waals surface area contributed by atoms with Crippen molar-refractivity contribution in [3.63, 3.8) is 0 Å². The molecule has 1 fully saturated rings. The highest BCUT2D eigenvalue weighted by atomic mass is 16.5. The monoisotopic (exact) mass is 321 g/mol. The molecule has 126 valence electrons. The van der Waals surface area contributed by atoms with Gasteiger partial charge in [0.1, 0.15) is 5.41 Å². The van der Waals surface area contributed by atoms with E-state index in [-0.39, 0.29) is 5.41 Å². The maximum Gasteiger partial charge on any atom is 0.319 e. The summed E-state index contributed by atoms with van der Waals surface area (Å²) in [6, 6.07) is 5.60.